The van der Waals surface area contributed by atoms with E-state index in [0.29, 0.717) is 12.6 Å². The molecule has 10 heteroatoms. The largest absolute Gasteiger partial charge is 0.355 e. The van der Waals surface area contributed by atoms with Crippen molar-refractivity contribution in [2.45, 2.75) is 6.42 Å². The van der Waals surface area contributed by atoms with Crippen LogP contribution < -0.4 is 15.5 Å². The first-order valence-corrected chi connectivity index (χ1v) is 9.76. The van der Waals surface area contributed by atoms with Gasteiger partial charge in [-0.2, -0.15) is 0 Å². The van der Waals surface area contributed by atoms with Crippen molar-refractivity contribution in [3.05, 3.63) is 53.9 Å². The number of carbonyl (C=O) groups is 2. The maximum atomic E-state index is 13.1. The third-order valence-corrected chi connectivity index (χ3v) is 4.71. The first-order valence-electron chi connectivity index (χ1n) is 9.76. The first-order chi connectivity index (χ1) is 14.5. The van der Waals surface area contributed by atoms with Gasteiger partial charge in [0.15, 0.2) is 0 Å². The van der Waals surface area contributed by atoms with E-state index >= 15 is 0 Å². The Bertz CT molecular complexity index is 839. The number of piperazine rings is 1. The van der Waals surface area contributed by atoms with Crippen LogP contribution in [0.15, 0.2) is 36.7 Å². The Balaban J connectivity index is 1.28. The number of aromatic nitrogens is 2. The van der Waals surface area contributed by atoms with E-state index in [0.717, 1.165) is 57.2 Å². The van der Waals surface area contributed by atoms with Gasteiger partial charge < -0.3 is 15.5 Å². The summed E-state index contributed by atoms with van der Waals surface area (Å²) < 4.78 is 26.3. The second kappa shape index (κ2) is 10.6. The zero-order valence-electron chi connectivity index (χ0n) is 16.5. The Morgan fingerprint density at radius 3 is 2.30 bits per heavy atom. The summed E-state index contributed by atoms with van der Waals surface area (Å²) in [7, 11) is 0. The van der Waals surface area contributed by atoms with Gasteiger partial charge in [0.1, 0.15) is 11.6 Å². The van der Waals surface area contributed by atoms with Gasteiger partial charge in [0.2, 0.25) is 11.9 Å². The Kier molecular flexibility index (Phi) is 7.61. The van der Waals surface area contributed by atoms with Crippen LogP contribution in [-0.4, -0.2) is 72.5 Å². The molecule has 1 saturated heterocycles. The molecule has 2 aromatic rings. The summed E-state index contributed by atoms with van der Waals surface area (Å²) in [5.41, 5.74) is -0.166. The molecule has 0 radical (unpaired) electrons. The Morgan fingerprint density at radius 2 is 1.63 bits per heavy atom. The van der Waals surface area contributed by atoms with E-state index < -0.39 is 17.5 Å². The minimum absolute atomic E-state index is 0.166. The fourth-order valence-corrected chi connectivity index (χ4v) is 3.17. The van der Waals surface area contributed by atoms with Gasteiger partial charge in [0, 0.05) is 56.7 Å². The van der Waals surface area contributed by atoms with Crippen molar-refractivity contribution in [1.29, 1.82) is 0 Å². The zero-order valence-corrected chi connectivity index (χ0v) is 16.5. The van der Waals surface area contributed by atoms with Crippen molar-refractivity contribution in [3.8, 4) is 0 Å². The lowest BCUT2D eigenvalue weighted by Crippen LogP contribution is -2.47. The van der Waals surface area contributed by atoms with E-state index in [2.05, 4.69) is 30.4 Å². The van der Waals surface area contributed by atoms with Gasteiger partial charge in [0.05, 0.1) is 6.54 Å². The van der Waals surface area contributed by atoms with Gasteiger partial charge in [-0.25, -0.2) is 18.7 Å². The highest BCUT2D eigenvalue weighted by atomic mass is 19.1. The highest BCUT2D eigenvalue weighted by Gasteiger charge is 2.18. The molecule has 2 N–H and O–H groups in total. The predicted octanol–water partition coefficient (Wildman–Crippen LogP) is 0.813. The summed E-state index contributed by atoms with van der Waals surface area (Å²) in [5, 5.41) is 5.08. The van der Waals surface area contributed by atoms with Crippen LogP contribution in [0, 0.1) is 11.6 Å². The lowest BCUT2D eigenvalue weighted by atomic mass is 10.2. The van der Waals surface area contributed by atoms with Crippen LogP contribution in [0.4, 0.5) is 14.7 Å². The highest BCUT2D eigenvalue weighted by Crippen LogP contribution is 2.10. The van der Waals surface area contributed by atoms with E-state index in [-0.39, 0.29) is 18.0 Å². The summed E-state index contributed by atoms with van der Waals surface area (Å²) in [4.78, 5) is 36.7. The molecule has 0 atom stereocenters. The monoisotopic (exact) mass is 418 g/mol. The van der Waals surface area contributed by atoms with Crippen LogP contribution in [-0.2, 0) is 4.79 Å². The number of benzene rings is 1. The smallest absolute Gasteiger partial charge is 0.251 e. The van der Waals surface area contributed by atoms with E-state index in [9.17, 15) is 18.4 Å². The summed E-state index contributed by atoms with van der Waals surface area (Å²) >= 11 is 0. The number of amides is 2. The van der Waals surface area contributed by atoms with Crippen molar-refractivity contribution in [2.24, 2.45) is 0 Å². The molecule has 160 valence electrons. The molecule has 1 aliphatic rings. The third-order valence-electron chi connectivity index (χ3n) is 4.71. The van der Waals surface area contributed by atoms with E-state index in [1.165, 1.54) is 0 Å². The number of carbonyl (C=O) groups excluding carboxylic acids is 2. The summed E-state index contributed by atoms with van der Waals surface area (Å²) in [5.74, 6) is -2.01. The minimum atomic E-state index is -0.846. The molecule has 0 spiro atoms. The second-order valence-corrected chi connectivity index (χ2v) is 6.92. The van der Waals surface area contributed by atoms with Gasteiger partial charge in [0.25, 0.3) is 5.91 Å². The maximum absolute atomic E-state index is 13.1. The standard InChI is InChI=1S/C20H24F2N6O2/c21-16-11-15(12-17(22)13-16)19(30)26-14-18(29)23-5-2-6-27-7-9-28(10-8-27)20-24-3-1-4-25-20/h1,3-4,11-13H,2,5-10,14H2,(H,23,29)(H,26,30). The topological polar surface area (TPSA) is 90.5 Å². The van der Waals surface area contributed by atoms with Crippen LogP contribution in [0.5, 0.6) is 0 Å². The van der Waals surface area contributed by atoms with Crippen molar-refractivity contribution in [2.75, 3.05) is 50.7 Å². The van der Waals surface area contributed by atoms with E-state index in [4.69, 9.17) is 0 Å². The lowest BCUT2D eigenvalue weighted by molar-refractivity contribution is -0.120. The van der Waals surface area contributed by atoms with Gasteiger partial charge >= 0.3 is 0 Å². The SMILES string of the molecule is O=C(CNC(=O)c1cc(F)cc(F)c1)NCCCN1CCN(c2ncccn2)CC1. The molecule has 30 heavy (non-hydrogen) atoms. The van der Waals surface area contributed by atoms with Crippen molar-refractivity contribution in [1.82, 2.24) is 25.5 Å². The average molecular weight is 418 g/mol. The number of anilines is 1. The molecular formula is C20H24F2N6O2. The van der Waals surface area contributed by atoms with Crippen molar-refractivity contribution in [3.63, 3.8) is 0 Å². The van der Waals surface area contributed by atoms with E-state index in [1.807, 2.05) is 0 Å². The molecule has 2 amide bonds. The van der Waals surface area contributed by atoms with Gasteiger partial charge in [-0.1, -0.05) is 0 Å². The molecule has 2 heterocycles. The fraction of sp³-hybridized carbons (Fsp3) is 0.400. The molecule has 1 aliphatic heterocycles. The zero-order chi connectivity index (χ0) is 21.3. The Morgan fingerprint density at radius 1 is 0.967 bits per heavy atom. The first kappa shape index (κ1) is 21.6. The van der Waals surface area contributed by atoms with Crippen molar-refractivity contribution >= 4 is 17.8 Å². The summed E-state index contributed by atoms with van der Waals surface area (Å²) in [6.07, 6.45) is 4.24. The quantitative estimate of drug-likeness (QED) is 0.617. The molecule has 1 fully saturated rings. The predicted molar refractivity (Wildman–Crippen MR) is 107 cm³/mol. The molecule has 8 nitrogen and oxygen atoms in total. The molecule has 1 aromatic carbocycles. The molecule has 1 aromatic heterocycles. The van der Waals surface area contributed by atoms with Crippen LogP contribution in [0.3, 0.4) is 0 Å². The van der Waals surface area contributed by atoms with Crippen LogP contribution >= 0.6 is 0 Å². The number of nitrogens with one attached hydrogen (secondary N) is 2. The molecule has 3 rings (SSSR count). The summed E-state index contributed by atoms with van der Waals surface area (Å²) in [6.45, 7) is 4.56. The van der Waals surface area contributed by atoms with Gasteiger partial charge in [-0.15, -0.1) is 0 Å². The number of rotatable bonds is 8. The number of hydrogen-bond donors (Lipinski definition) is 2. The fourth-order valence-electron chi connectivity index (χ4n) is 3.17. The average Bonchev–Trinajstić information content (AvgIpc) is 2.75. The molecule has 0 unspecified atom stereocenters. The normalized spacial score (nSPS) is 14.4. The van der Waals surface area contributed by atoms with Crippen LogP contribution in [0.25, 0.3) is 0 Å². The highest BCUT2D eigenvalue weighted by molar-refractivity contribution is 5.96. The number of halogens is 2. The minimum Gasteiger partial charge on any atom is -0.355 e. The molecule has 0 aliphatic carbocycles. The Hall–Kier alpha value is -3.14. The van der Waals surface area contributed by atoms with Gasteiger partial charge in [-0.05, 0) is 31.2 Å². The second-order valence-electron chi connectivity index (χ2n) is 6.92. The molecular weight excluding hydrogens is 394 g/mol. The summed E-state index contributed by atoms with van der Waals surface area (Å²) in [6, 6.07) is 4.31. The lowest BCUT2D eigenvalue weighted by Gasteiger charge is -2.34. The van der Waals surface area contributed by atoms with Crippen molar-refractivity contribution < 1.29 is 18.4 Å². The molecule has 0 saturated carbocycles. The van der Waals surface area contributed by atoms with Gasteiger partial charge in [-0.3, -0.25) is 14.5 Å². The maximum Gasteiger partial charge on any atom is 0.251 e. The Labute approximate surface area is 173 Å². The third kappa shape index (κ3) is 6.45. The van der Waals surface area contributed by atoms with Crippen LogP contribution in [0.2, 0.25) is 0 Å². The molecule has 0 bridgehead atoms. The number of nitrogens with zero attached hydrogens (tertiary/aromatic N) is 4. The number of hydrogen-bond acceptors (Lipinski definition) is 6. The van der Waals surface area contributed by atoms with E-state index in [1.54, 1.807) is 18.5 Å². The van der Waals surface area contributed by atoms with Crippen LogP contribution in [0.1, 0.15) is 16.8 Å².